The third kappa shape index (κ3) is 4.36. The highest BCUT2D eigenvalue weighted by Crippen LogP contribution is 2.17. The number of hydrogen-bond acceptors (Lipinski definition) is 4. The SMILES string of the molecule is CNc1nc(CCOCC(F)F)ncc1Br. The molecule has 1 rings (SSSR count). The van der Waals surface area contributed by atoms with Crippen molar-refractivity contribution in [1.82, 2.24) is 9.97 Å². The normalized spacial score (nSPS) is 10.8. The Labute approximate surface area is 101 Å². The summed E-state index contributed by atoms with van der Waals surface area (Å²) in [5.41, 5.74) is 0. The van der Waals surface area contributed by atoms with Gasteiger partial charge in [0.05, 0.1) is 11.1 Å². The lowest BCUT2D eigenvalue weighted by Gasteiger charge is -2.06. The Morgan fingerprint density at radius 2 is 2.31 bits per heavy atom. The fourth-order valence-corrected chi connectivity index (χ4v) is 1.42. The molecule has 0 fully saturated rings. The van der Waals surface area contributed by atoms with Crippen LogP contribution in [0.4, 0.5) is 14.6 Å². The van der Waals surface area contributed by atoms with E-state index in [1.807, 2.05) is 0 Å². The molecular formula is C9H12BrF2N3O. The summed E-state index contributed by atoms with van der Waals surface area (Å²) in [6.45, 7) is -0.357. The van der Waals surface area contributed by atoms with Crippen molar-refractivity contribution in [2.45, 2.75) is 12.8 Å². The molecule has 0 saturated carbocycles. The zero-order chi connectivity index (χ0) is 12.0. The van der Waals surface area contributed by atoms with Gasteiger partial charge < -0.3 is 10.1 Å². The molecule has 4 nitrogen and oxygen atoms in total. The van der Waals surface area contributed by atoms with E-state index in [1.54, 1.807) is 13.2 Å². The van der Waals surface area contributed by atoms with Crippen LogP contribution in [0.25, 0.3) is 0 Å². The molecule has 0 aliphatic carbocycles. The summed E-state index contributed by atoms with van der Waals surface area (Å²) < 4.78 is 29.0. The first kappa shape index (κ1) is 13.2. The van der Waals surface area contributed by atoms with Crippen LogP contribution in [0.5, 0.6) is 0 Å². The minimum absolute atomic E-state index is 0.190. The van der Waals surface area contributed by atoms with Gasteiger partial charge in [0.25, 0.3) is 6.43 Å². The molecule has 1 heterocycles. The zero-order valence-electron chi connectivity index (χ0n) is 8.71. The van der Waals surface area contributed by atoms with Gasteiger partial charge in [0.1, 0.15) is 18.2 Å². The lowest BCUT2D eigenvalue weighted by Crippen LogP contribution is -2.09. The van der Waals surface area contributed by atoms with E-state index in [0.29, 0.717) is 18.1 Å². The molecule has 0 aliphatic heterocycles. The van der Waals surface area contributed by atoms with E-state index >= 15 is 0 Å². The second-order valence-corrected chi connectivity index (χ2v) is 3.80. The summed E-state index contributed by atoms with van der Waals surface area (Å²) >= 11 is 3.27. The molecule has 16 heavy (non-hydrogen) atoms. The van der Waals surface area contributed by atoms with Crippen LogP contribution in [0.15, 0.2) is 10.7 Å². The third-order valence-corrected chi connectivity index (χ3v) is 2.32. The first-order chi connectivity index (χ1) is 7.63. The molecule has 0 radical (unpaired) electrons. The highest BCUT2D eigenvalue weighted by atomic mass is 79.9. The molecule has 0 spiro atoms. The van der Waals surface area contributed by atoms with Gasteiger partial charge in [-0.05, 0) is 15.9 Å². The van der Waals surface area contributed by atoms with Crippen LogP contribution in [0.3, 0.4) is 0 Å². The van der Waals surface area contributed by atoms with Crippen molar-refractivity contribution < 1.29 is 13.5 Å². The van der Waals surface area contributed by atoms with E-state index in [1.165, 1.54) is 0 Å². The first-order valence-electron chi connectivity index (χ1n) is 4.68. The molecule has 1 aromatic rings. The highest BCUT2D eigenvalue weighted by molar-refractivity contribution is 9.10. The minimum Gasteiger partial charge on any atom is -0.375 e. The molecule has 0 aliphatic rings. The third-order valence-electron chi connectivity index (χ3n) is 1.74. The Morgan fingerprint density at radius 1 is 1.56 bits per heavy atom. The predicted octanol–water partition coefficient (Wildman–Crippen LogP) is 2.10. The van der Waals surface area contributed by atoms with Gasteiger partial charge in [-0.1, -0.05) is 0 Å². The molecule has 0 bridgehead atoms. The molecule has 0 unspecified atom stereocenters. The standard InChI is InChI=1S/C9H12BrF2N3O/c1-13-9-6(10)4-14-8(15-9)2-3-16-5-7(11)12/h4,7H,2-3,5H2,1H3,(H,13,14,15). The maximum absolute atomic E-state index is 11.8. The first-order valence-corrected chi connectivity index (χ1v) is 5.48. The second kappa shape index (κ2) is 6.70. The summed E-state index contributed by atoms with van der Waals surface area (Å²) in [6.07, 6.45) is -0.408. The summed E-state index contributed by atoms with van der Waals surface area (Å²) in [6, 6.07) is 0. The van der Waals surface area contributed by atoms with Gasteiger partial charge in [-0.3, -0.25) is 0 Å². The molecular weight excluding hydrogens is 284 g/mol. The number of hydrogen-bond donors (Lipinski definition) is 1. The van der Waals surface area contributed by atoms with E-state index in [-0.39, 0.29) is 6.61 Å². The number of rotatable bonds is 6. The smallest absolute Gasteiger partial charge is 0.261 e. The van der Waals surface area contributed by atoms with E-state index in [4.69, 9.17) is 4.74 Å². The van der Waals surface area contributed by atoms with Crippen LogP contribution < -0.4 is 5.32 Å². The van der Waals surface area contributed by atoms with Crippen molar-refractivity contribution >= 4 is 21.7 Å². The summed E-state index contributed by atoms with van der Waals surface area (Å²) in [5.74, 6) is 1.22. The number of alkyl halides is 2. The van der Waals surface area contributed by atoms with Crippen LogP contribution in [0.2, 0.25) is 0 Å². The van der Waals surface area contributed by atoms with Crippen LogP contribution in [-0.4, -0.2) is 36.7 Å². The van der Waals surface area contributed by atoms with E-state index < -0.39 is 13.0 Å². The highest BCUT2D eigenvalue weighted by Gasteiger charge is 2.05. The average molecular weight is 296 g/mol. The van der Waals surface area contributed by atoms with Crippen molar-refractivity contribution in [3.8, 4) is 0 Å². The monoisotopic (exact) mass is 295 g/mol. The largest absolute Gasteiger partial charge is 0.375 e. The summed E-state index contributed by atoms with van der Waals surface area (Å²) in [5, 5.41) is 2.89. The van der Waals surface area contributed by atoms with Crippen molar-refractivity contribution in [3.05, 3.63) is 16.5 Å². The minimum atomic E-state index is -2.43. The molecule has 0 amide bonds. The maximum Gasteiger partial charge on any atom is 0.261 e. The van der Waals surface area contributed by atoms with Crippen LogP contribution >= 0.6 is 15.9 Å². The van der Waals surface area contributed by atoms with Gasteiger partial charge in [-0.15, -0.1) is 0 Å². The van der Waals surface area contributed by atoms with Crippen LogP contribution in [0, 0.1) is 0 Å². The zero-order valence-corrected chi connectivity index (χ0v) is 10.3. The lowest BCUT2D eigenvalue weighted by atomic mass is 10.4. The number of nitrogens with one attached hydrogen (secondary N) is 1. The lowest BCUT2D eigenvalue weighted by molar-refractivity contribution is 0.0183. The number of aromatic nitrogens is 2. The Hall–Kier alpha value is -0.820. The molecule has 1 aromatic heterocycles. The van der Waals surface area contributed by atoms with Crippen molar-refractivity contribution in [1.29, 1.82) is 0 Å². The van der Waals surface area contributed by atoms with Crippen LogP contribution in [0.1, 0.15) is 5.82 Å². The van der Waals surface area contributed by atoms with E-state index in [9.17, 15) is 8.78 Å². The number of anilines is 1. The van der Waals surface area contributed by atoms with E-state index in [0.717, 1.165) is 4.47 Å². The Morgan fingerprint density at radius 3 is 2.94 bits per heavy atom. The summed E-state index contributed by atoms with van der Waals surface area (Å²) in [4.78, 5) is 8.21. The number of halogens is 3. The van der Waals surface area contributed by atoms with Gasteiger partial charge in [-0.25, -0.2) is 18.7 Å². The van der Waals surface area contributed by atoms with Gasteiger partial charge in [-0.2, -0.15) is 0 Å². The fourth-order valence-electron chi connectivity index (χ4n) is 1.04. The molecule has 0 aromatic carbocycles. The molecule has 1 N–H and O–H groups in total. The van der Waals surface area contributed by atoms with Crippen molar-refractivity contribution in [3.63, 3.8) is 0 Å². The summed E-state index contributed by atoms with van der Waals surface area (Å²) in [7, 11) is 1.74. The number of nitrogens with zero attached hydrogens (tertiary/aromatic N) is 2. The van der Waals surface area contributed by atoms with Gasteiger partial charge in [0, 0.05) is 19.7 Å². The Balaban J connectivity index is 2.42. The molecule has 0 saturated heterocycles. The quantitative estimate of drug-likeness (QED) is 0.817. The Bertz CT molecular complexity index is 339. The Kier molecular flexibility index (Phi) is 5.54. The van der Waals surface area contributed by atoms with Gasteiger partial charge in [0.2, 0.25) is 0 Å². The van der Waals surface area contributed by atoms with Crippen molar-refractivity contribution in [2.75, 3.05) is 25.6 Å². The van der Waals surface area contributed by atoms with Gasteiger partial charge in [0.15, 0.2) is 0 Å². The molecule has 0 atom stereocenters. The second-order valence-electron chi connectivity index (χ2n) is 2.95. The van der Waals surface area contributed by atoms with Gasteiger partial charge >= 0.3 is 0 Å². The topological polar surface area (TPSA) is 47.0 Å². The van der Waals surface area contributed by atoms with E-state index in [2.05, 4.69) is 31.2 Å². The van der Waals surface area contributed by atoms with Crippen LogP contribution in [-0.2, 0) is 11.2 Å². The fraction of sp³-hybridized carbons (Fsp3) is 0.556. The molecule has 90 valence electrons. The maximum atomic E-state index is 11.8. The predicted molar refractivity (Wildman–Crippen MR) is 59.8 cm³/mol. The molecule has 7 heteroatoms. The average Bonchev–Trinajstić information content (AvgIpc) is 2.26. The number of ether oxygens (including phenoxy) is 1. The van der Waals surface area contributed by atoms with Crippen molar-refractivity contribution in [2.24, 2.45) is 0 Å².